The molecule has 0 aliphatic rings. The highest BCUT2D eigenvalue weighted by Gasteiger charge is 2.15. The Balaban J connectivity index is 3.03. The van der Waals surface area contributed by atoms with Gasteiger partial charge in [-0.15, -0.1) is 0 Å². The predicted octanol–water partition coefficient (Wildman–Crippen LogP) is -0.148. The summed E-state index contributed by atoms with van der Waals surface area (Å²) < 4.78 is 4.82. The van der Waals surface area contributed by atoms with E-state index in [2.05, 4.69) is 0 Å². The van der Waals surface area contributed by atoms with Gasteiger partial charge in [0.05, 0.1) is 12.2 Å². The van der Waals surface area contributed by atoms with Crippen LogP contribution in [0, 0.1) is 6.92 Å². The van der Waals surface area contributed by atoms with Crippen molar-refractivity contribution >= 4 is 18.6 Å². The van der Waals surface area contributed by atoms with Crippen LogP contribution >= 0.6 is 0 Å². The summed E-state index contributed by atoms with van der Waals surface area (Å²) in [6.07, 6.45) is 0. The number of carbonyl (C=O) groups excluding carboxylic acids is 1. The molecule has 0 fully saturated rings. The van der Waals surface area contributed by atoms with Gasteiger partial charge in [-0.25, -0.2) is 4.79 Å². The molecule has 0 amide bonds. The van der Waals surface area contributed by atoms with Crippen molar-refractivity contribution in [3.8, 4) is 0 Å². The third kappa shape index (κ3) is 3.07. The second kappa shape index (κ2) is 4.95. The third-order valence-corrected chi connectivity index (χ3v) is 1.91. The van der Waals surface area contributed by atoms with E-state index >= 15 is 0 Å². The quantitative estimate of drug-likeness (QED) is 0.535. The van der Waals surface area contributed by atoms with Gasteiger partial charge in [-0.05, 0) is 31.4 Å². The van der Waals surface area contributed by atoms with Gasteiger partial charge in [0.1, 0.15) is 0 Å². The number of ether oxygens (including phenoxy) is 1. The van der Waals surface area contributed by atoms with Gasteiger partial charge in [-0.1, -0.05) is 11.6 Å². The molecule has 1 aromatic carbocycles. The summed E-state index contributed by atoms with van der Waals surface area (Å²) >= 11 is 0. The molecule has 15 heavy (non-hydrogen) atoms. The number of carbonyl (C=O) groups is 1. The molecule has 0 heterocycles. The lowest BCUT2D eigenvalue weighted by Gasteiger charge is -2.06. The van der Waals surface area contributed by atoms with Crippen LogP contribution < -0.4 is 5.46 Å². The van der Waals surface area contributed by atoms with E-state index in [1.807, 2.05) is 0 Å². The Labute approximate surface area is 88.6 Å². The highest BCUT2D eigenvalue weighted by Crippen LogP contribution is 2.04. The average molecular weight is 208 g/mol. The van der Waals surface area contributed by atoms with Crippen LogP contribution in [0.3, 0.4) is 0 Å². The Hall–Kier alpha value is -1.33. The van der Waals surface area contributed by atoms with Crippen molar-refractivity contribution in [3.05, 3.63) is 29.3 Å². The molecule has 0 aliphatic heterocycles. The molecule has 0 saturated heterocycles. The van der Waals surface area contributed by atoms with Crippen molar-refractivity contribution in [1.29, 1.82) is 0 Å². The van der Waals surface area contributed by atoms with Crippen molar-refractivity contribution in [2.24, 2.45) is 0 Å². The van der Waals surface area contributed by atoms with Crippen LogP contribution in [0.5, 0.6) is 0 Å². The summed E-state index contributed by atoms with van der Waals surface area (Å²) in [6.45, 7) is 3.79. The maximum atomic E-state index is 11.4. The summed E-state index contributed by atoms with van der Waals surface area (Å²) in [4.78, 5) is 11.4. The Bertz CT molecular complexity index is 362. The first kappa shape index (κ1) is 11.7. The smallest absolute Gasteiger partial charge is 0.462 e. The zero-order valence-electron chi connectivity index (χ0n) is 8.73. The minimum atomic E-state index is -1.57. The fraction of sp³-hybridized carbons (Fsp3) is 0.300. The fourth-order valence-electron chi connectivity index (χ4n) is 1.29. The SMILES string of the molecule is CCOC(=O)c1cc(C)cc(B(O)O)c1. The topological polar surface area (TPSA) is 66.8 Å². The van der Waals surface area contributed by atoms with E-state index in [9.17, 15) is 4.79 Å². The molecular formula is C10H13BO4. The lowest BCUT2D eigenvalue weighted by molar-refractivity contribution is 0.0526. The van der Waals surface area contributed by atoms with Gasteiger partial charge in [0.15, 0.2) is 0 Å². The second-order valence-corrected chi connectivity index (χ2v) is 3.23. The number of hydrogen-bond donors (Lipinski definition) is 2. The van der Waals surface area contributed by atoms with E-state index in [0.29, 0.717) is 12.2 Å². The number of esters is 1. The lowest BCUT2D eigenvalue weighted by atomic mass is 9.79. The maximum Gasteiger partial charge on any atom is 0.488 e. The van der Waals surface area contributed by atoms with Gasteiger partial charge in [0.2, 0.25) is 0 Å². The number of rotatable bonds is 3. The van der Waals surface area contributed by atoms with Crippen LogP contribution in [0.15, 0.2) is 18.2 Å². The van der Waals surface area contributed by atoms with Crippen molar-refractivity contribution < 1.29 is 19.6 Å². The summed E-state index contributed by atoms with van der Waals surface area (Å²) in [7, 11) is -1.57. The summed E-state index contributed by atoms with van der Waals surface area (Å²) in [6, 6.07) is 4.66. The van der Waals surface area contributed by atoms with Crippen LogP contribution in [0.25, 0.3) is 0 Å². The van der Waals surface area contributed by atoms with E-state index in [1.165, 1.54) is 6.07 Å². The Morgan fingerprint density at radius 1 is 1.40 bits per heavy atom. The van der Waals surface area contributed by atoms with Crippen LogP contribution in [0.1, 0.15) is 22.8 Å². The monoisotopic (exact) mass is 208 g/mol. The largest absolute Gasteiger partial charge is 0.488 e. The van der Waals surface area contributed by atoms with Crippen molar-refractivity contribution in [2.45, 2.75) is 13.8 Å². The molecule has 0 atom stereocenters. The first-order valence-corrected chi connectivity index (χ1v) is 4.69. The van der Waals surface area contributed by atoms with Crippen molar-refractivity contribution in [2.75, 3.05) is 6.61 Å². The Kier molecular flexibility index (Phi) is 3.88. The van der Waals surface area contributed by atoms with E-state index in [1.54, 1.807) is 26.0 Å². The van der Waals surface area contributed by atoms with Crippen molar-refractivity contribution in [3.63, 3.8) is 0 Å². The maximum absolute atomic E-state index is 11.4. The lowest BCUT2D eigenvalue weighted by Crippen LogP contribution is -2.30. The molecule has 0 bridgehead atoms. The van der Waals surface area contributed by atoms with Gasteiger partial charge >= 0.3 is 13.1 Å². The molecule has 0 spiro atoms. The molecule has 80 valence electrons. The summed E-state index contributed by atoms with van der Waals surface area (Å²) in [5.74, 6) is -0.455. The zero-order chi connectivity index (χ0) is 11.4. The second-order valence-electron chi connectivity index (χ2n) is 3.23. The summed E-state index contributed by atoms with van der Waals surface area (Å²) in [5.41, 5.74) is 1.40. The van der Waals surface area contributed by atoms with E-state index in [-0.39, 0.29) is 5.46 Å². The standard InChI is InChI=1S/C10H13BO4/c1-3-15-10(12)8-4-7(2)5-9(6-8)11(13)14/h4-6,13-14H,3H2,1-2H3. The Morgan fingerprint density at radius 2 is 2.07 bits per heavy atom. The fourth-order valence-corrected chi connectivity index (χ4v) is 1.29. The molecule has 5 heteroatoms. The molecule has 2 N–H and O–H groups in total. The molecule has 1 rings (SSSR count). The van der Waals surface area contributed by atoms with Gasteiger partial charge in [-0.3, -0.25) is 0 Å². The number of benzene rings is 1. The molecule has 0 saturated carbocycles. The van der Waals surface area contributed by atoms with Gasteiger partial charge in [0.25, 0.3) is 0 Å². The average Bonchev–Trinajstić information content (AvgIpc) is 2.17. The minimum Gasteiger partial charge on any atom is -0.462 e. The third-order valence-electron chi connectivity index (χ3n) is 1.91. The van der Waals surface area contributed by atoms with Gasteiger partial charge in [0, 0.05) is 0 Å². The normalized spacial score (nSPS) is 9.87. The van der Waals surface area contributed by atoms with Crippen molar-refractivity contribution in [1.82, 2.24) is 0 Å². The zero-order valence-corrected chi connectivity index (χ0v) is 8.73. The number of aryl methyl sites for hydroxylation is 1. The van der Waals surface area contributed by atoms with Gasteiger partial charge < -0.3 is 14.8 Å². The van der Waals surface area contributed by atoms with E-state index in [4.69, 9.17) is 14.8 Å². The van der Waals surface area contributed by atoms with E-state index in [0.717, 1.165) is 5.56 Å². The Morgan fingerprint density at radius 3 is 2.60 bits per heavy atom. The molecular weight excluding hydrogens is 195 g/mol. The summed E-state index contributed by atoms with van der Waals surface area (Å²) in [5, 5.41) is 18.0. The molecule has 0 aromatic heterocycles. The molecule has 4 nitrogen and oxygen atoms in total. The van der Waals surface area contributed by atoms with E-state index < -0.39 is 13.1 Å². The molecule has 0 radical (unpaired) electrons. The molecule has 0 aliphatic carbocycles. The molecule has 1 aromatic rings. The van der Waals surface area contributed by atoms with Crippen LogP contribution in [-0.4, -0.2) is 29.7 Å². The van der Waals surface area contributed by atoms with Crippen LogP contribution in [0.2, 0.25) is 0 Å². The minimum absolute atomic E-state index is 0.290. The highest BCUT2D eigenvalue weighted by molar-refractivity contribution is 6.58. The van der Waals surface area contributed by atoms with Crippen LogP contribution in [0.4, 0.5) is 0 Å². The number of hydrogen-bond acceptors (Lipinski definition) is 4. The highest BCUT2D eigenvalue weighted by atomic mass is 16.5. The molecule has 0 unspecified atom stereocenters. The van der Waals surface area contributed by atoms with Crippen LogP contribution in [-0.2, 0) is 4.74 Å². The predicted molar refractivity (Wildman–Crippen MR) is 57.0 cm³/mol. The first-order chi connectivity index (χ1) is 7.04. The first-order valence-electron chi connectivity index (χ1n) is 4.69. The van der Waals surface area contributed by atoms with Gasteiger partial charge in [-0.2, -0.15) is 0 Å².